The fraction of sp³-hybridized carbons (Fsp3) is 0.588. The van der Waals surface area contributed by atoms with Crippen molar-refractivity contribution in [3.63, 3.8) is 0 Å². The largest absolute Gasteiger partial charge is 0.399 e. The molecule has 0 radical (unpaired) electrons. The van der Waals surface area contributed by atoms with Crippen molar-refractivity contribution < 1.29 is 4.79 Å². The number of nitrogens with zero attached hydrogens (tertiary/aromatic N) is 1. The van der Waals surface area contributed by atoms with Gasteiger partial charge in [0.15, 0.2) is 0 Å². The quantitative estimate of drug-likeness (QED) is 0.860. The van der Waals surface area contributed by atoms with Gasteiger partial charge in [-0.2, -0.15) is 0 Å². The lowest BCUT2D eigenvalue weighted by Gasteiger charge is -2.29. The molecule has 1 aliphatic heterocycles. The van der Waals surface area contributed by atoms with E-state index in [9.17, 15) is 4.79 Å². The van der Waals surface area contributed by atoms with Crippen LogP contribution in [0.5, 0.6) is 0 Å². The van der Waals surface area contributed by atoms with E-state index in [1.54, 1.807) is 0 Å². The maximum atomic E-state index is 12.6. The van der Waals surface area contributed by atoms with Crippen LogP contribution in [0.3, 0.4) is 0 Å². The Morgan fingerprint density at radius 1 is 1.10 bits per heavy atom. The summed E-state index contributed by atoms with van der Waals surface area (Å²) >= 11 is 0. The molecule has 3 rings (SSSR count). The number of benzene rings is 1. The van der Waals surface area contributed by atoms with Gasteiger partial charge in [-0.15, -0.1) is 0 Å². The second kappa shape index (κ2) is 5.86. The predicted octanol–water partition coefficient (Wildman–Crippen LogP) is 2.99. The van der Waals surface area contributed by atoms with E-state index in [0.29, 0.717) is 18.4 Å². The second-order valence-electron chi connectivity index (χ2n) is 6.26. The number of hydrogen-bond acceptors (Lipinski definition) is 2. The van der Waals surface area contributed by atoms with Crippen molar-refractivity contribution in [1.29, 1.82) is 0 Å². The highest BCUT2D eigenvalue weighted by Crippen LogP contribution is 2.35. The number of amides is 1. The molecule has 2 fully saturated rings. The second-order valence-corrected chi connectivity index (χ2v) is 6.26. The SMILES string of the molecule is Nc1ccc(CC(=O)N2CCCC2C2CCCC2)cc1. The highest BCUT2D eigenvalue weighted by atomic mass is 16.2. The lowest BCUT2D eigenvalue weighted by Crippen LogP contribution is -2.40. The number of hydrogen-bond donors (Lipinski definition) is 1. The summed E-state index contributed by atoms with van der Waals surface area (Å²) in [7, 11) is 0. The zero-order valence-corrected chi connectivity index (χ0v) is 12.1. The maximum absolute atomic E-state index is 12.6. The minimum atomic E-state index is 0.296. The van der Waals surface area contributed by atoms with Gasteiger partial charge in [-0.05, 0) is 49.3 Å². The van der Waals surface area contributed by atoms with E-state index in [0.717, 1.165) is 23.7 Å². The van der Waals surface area contributed by atoms with Gasteiger partial charge in [0.05, 0.1) is 6.42 Å². The summed E-state index contributed by atoms with van der Waals surface area (Å²) in [6.07, 6.45) is 8.23. The van der Waals surface area contributed by atoms with Gasteiger partial charge in [-0.1, -0.05) is 25.0 Å². The van der Waals surface area contributed by atoms with Gasteiger partial charge >= 0.3 is 0 Å². The molecule has 0 bridgehead atoms. The molecule has 2 aliphatic rings. The molecule has 1 saturated carbocycles. The Morgan fingerprint density at radius 2 is 1.80 bits per heavy atom. The highest BCUT2D eigenvalue weighted by molar-refractivity contribution is 5.79. The minimum Gasteiger partial charge on any atom is -0.399 e. The van der Waals surface area contributed by atoms with Crippen molar-refractivity contribution >= 4 is 11.6 Å². The van der Waals surface area contributed by atoms with Gasteiger partial charge in [0, 0.05) is 18.3 Å². The van der Waals surface area contributed by atoms with Crippen LogP contribution < -0.4 is 5.73 Å². The van der Waals surface area contributed by atoms with Crippen LogP contribution in [-0.4, -0.2) is 23.4 Å². The lowest BCUT2D eigenvalue weighted by molar-refractivity contribution is -0.132. The standard InChI is InChI=1S/C17H24N2O/c18-15-9-7-13(8-10-15)12-17(20)19-11-3-6-16(19)14-4-1-2-5-14/h7-10,14,16H,1-6,11-12,18H2. The molecule has 2 N–H and O–H groups in total. The zero-order chi connectivity index (χ0) is 13.9. The Balaban J connectivity index is 1.64. The van der Waals surface area contributed by atoms with Crippen LogP contribution >= 0.6 is 0 Å². The molecule has 3 heteroatoms. The summed E-state index contributed by atoms with van der Waals surface area (Å²) in [5, 5.41) is 0. The number of anilines is 1. The van der Waals surface area contributed by atoms with E-state index >= 15 is 0 Å². The summed E-state index contributed by atoms with van der Waals surface area (Å²) in [4.78, 5) is 14.7. The van der Waals surface area contributed by atoms with Crippen molar-refractivity contribution in [2.45, 2.75) is 51.0 Å². The summed E-state index contributed by atoms with van der Waals surface area (Å²) in [6.45, 7) is 0.953. The van der Waals surface area contributed by atoms with E-state index in [1.165, 1.54) is 38.5 Å². The molecular formula is C17H24N2O. The highest BCUT2D eigenvalue weighted by Gasteiger charge is 2.35. The first-order valence-corrected chi connectivity index (χ1v) is 7.88. The number of nitrogens with two attached hydrogens (primary N) is 1. The molecule has 1 heterocycles. The van der Waals surface area contributed by atoms with Crippen LogP contribution in [0.4, 0.5) is 5.69 Å². The van der Waals surface area contributed by atoms with Crippen molar-refractivity contribution in [1.82, 2.24) is 4.90 Å². The van der Waals surface area contributed by atoms with Crippen LogP contribution in [0.1, 0.15) is 44.1 Å². The first-order valence-electron chi connectivity index (χ1n) is 7.88. The number of rotatable bonds is 3. The van der Waals surface area contributed by atoms with Gasteiger partial charge in [0.25, 0.3) is 0 Å². The molecular weight excluding hydrogens is 248 g/mol. The number of carbonyl (C=O) groups is 1. The molecule has 3 nitrogen and oxygen atoms in total. The van der Waals surface area contributed by atoms with Gasteiger partial charge in [-0.3, -0.25) is 4.79 Å². The Hall–Kier alpha value is -1.51. The fourth-order valence-corrected chi connectivity index (χ4v) is 3.85. The number of likely N-dealkylation sites (tertiary alicyclic amines) is 1. The third kappa shape index (κ3) is 2.82. The van der Waals surface area contributed by atoms with E-state index in [4.69, 9.17) is 5.73 Å². The van der Waals surface area contributed by atoms with Crippen LogP contribution in [0, 0.1) is 5.92 Å². The van der Waals surface area contributed by atoms with Crippen LogP contribution in [-0.2, 0) is 11.2 Å². The monoisotopic (exact) mass is 272 g/mol. The predicted molar refractivity (Wildman–Crippen MR) is 81.3 cm³/mol. The smallest absolute Gasteiger partial charge is 0.227 e. The summed E-state index contributed by atoms with van der Waals surface area (Å²) in [6, 6.07) is 8.20. The first kappa shape index (κ1) is 13.5. The molecule has 1 unspecified atom stereocenters. The molecule has 1 aromatic rings. The summed E-state index contributed by atoms with van der Waals surface area (Å²) in [5.74, 6) is 1.05. The van der Waals surface area contributed by atoms with Crippen LogP contribution in [0.2, 0.25) is 0 Å². The molecule has 0 spiro atoms. The maximum Gasteiger partial charge on any atom is 0.227 e. The Kier molecular flexibility index (Phi) is 3.95. The summed E-state index contributed by atoms with van der Waals surface area (Å²) < 4.78 is 0. The lowest BCUT2D eigenvalue weighted by atomic mass is 9.95. The zero-order valence-electron chi connectivity index (χ0n) is 12.1. The van der Waals surface area contributed by atoms with E-state index in [1.807, 2.05) is 24.3 Å². The fourth-order valence-electron chi connectivity index (χ4n) is 3.85. The minimum absolute atomic E-state index is 0.296. The molecule has 1 amide bonds. The van der Waals surface area contributed by atoms with E-state index in [-0.39, 0.29) is 0 Å². The van der Waals surface area contributed by atoms with Gasteiger partial charge in [0.2, 0.25) is 5.91 Å². The molecule has 20 heavy (non-hydrogen) atoms. The number of nitrogen functional groups attached to an aromatic ring is 1. The van der Waals surface area contributed by atoms with Gasteiger partial charge in [-0.25, -0.2) is 0 Å². The normalized spacial score (nSPS) is 23.4. The van der Waals surface area contributed by atoms with Crippen molar-refractivity contribution in [2.75, 3.05) is 12.3 Å². The number of carbonyl (C=O) groups excluding carboxylic acids is 1. The Bertz CT molecular complexity index is 462. The van der Waals surface area contributed by atoms with Gasteiger partial charge in [0.1, 0.15) is 0 Å². The average molecular weight is 272 g/mol. The third-order valence-electron chi connectivity index (χ3n) is 4.90. The van der Waals surface area contributed by atoms with E-state index < -0.39 is 0 Å². The molecule has 1 aliphatic carbocycles. The summed E-state index contributed by atoms with van der Waals surface area (Å²) in [5.41, 5.74) is 7.52. The molecule has 1 saturated heterocycles. The average Bonchev–Trinajstić information content (AvgIpc) is 3.11. The van der Waals surface area contributed by atoms with E-state index in [2.05, 4.69) is 4.90 Å². The van der Waals surface area contributed by atoms with Gasteiger partial charge < -0.3 is 10.6 Å². The molecule has 0 aromatic heterocycles. The Morgan fingerprint density at radius 3 is 2.50 bits per heavy atom. The van der Waals surface area contributed by atoms with Crippen molar-refractivity contribution in [3.05, 3.63) is 29.8 Å². The van der Waals surface area contributed by atoms with Crippen molar-refractivity contribution in [2.24, 2.45) is 5.92 Å². The first-order chi connectivity index (χ1) is 9.74. The molecule has 1 atom stereocenters. The van der Waals surface area contributed by atoms with Crippen LogP contribution in [0.15, 0.2) is 24.3 Å². The third-order valence-corrected chi connectivity index (χ3v) is 4.90. The van der Waals surface area contributed by atoms with Crippen molar-refractivity contribution in [3.8, 4) is 0 Å². The molecule has 108 valence electrons. The Labute approximate surface area is 121 Å². The van der Waals surface area contributed by atoms with Crippen LogP contribution in [0.25, 0.3) is 0 Å². The topological polar surface area (TPSA) is 46.3 Å². The molecule has 1 aromatic carbocycles.